The van der Waals surface area contributed by atoms with Crippen molar-refractivity contribution in [1.82, 2.24) is 0 Å². The first kappa shape index (κ1) is 26.1. The first-order valence-electron chi connectivity index (χ1n) is 8.96. The Hall–Kier alpha value is -2.90. The van der Waals surface area contributed by atoms with Gasteiger partial charge in [0.1, 0.15) is 31.8 Å². The highest BCUT2D eigenvalue weighted by atomic mass is 16.6. The summed E-state index contributed by atoms with van der Waals surface area (Å²) in [7, 11) is 0. The molecule has 0 N–H and O–H groups in total. The fraction of sp³-hybridized carbons (Fsp3) is 0.524. The molecular formula is C21H30O8. The van der Waals surface area contributed by atoms with Gasteiger partial charge in [0.05, 0.1) is 5.92 Å². The number of carbonyl (C=O) groups is 4. The molecule has 0 spiro atoms. The second kappa shape index (κ2) is 11.8. The van der Waals surface area contributed by atoms with Crippen LogP contribution in [0.4, 0.5) is 0 Å². The molecule has 0 atom stereocenters. The summed E-state index contributed by atoms with van der Waals surface area (Å²) in [6.07, 6.45) is 0. The van der Waals surface area contributed by atoms with Crippen molar-refractivity contribution >= 4 is 23.9 Å². The van der Waals surface area contributed by atoms with Crippen LogP contribution in [0.1, 0.15) is 34.6 Å². The molecule has 0 fully saturated rings. The lowest BCUT2D eigenvalue weighted by atomic mass is 9.92. The van der Waals surface area contributed by atoms with Crippen LogP contribution in [-0.2, 0) is 38.1 Å². The Morgan fingerprint density at radius 1 is 0.655 bits per heavy atom. The highest BCUT2D eigenvalue weighted by Crippen LogP contribution is 2.23. The summed E-state index contributed by atoms with van der Waals surface area (Å²) in [5.74, 6) is -3.01. The molecule has 0 aromatic rings. The van der Waals surface area contributed by atoms with Gasteiger partial charge >= 0.3 is 23.9 Å². The summed E-state index contributed by atoms with van der Waals surface area (Å²) >= 11 is 0. The van der Waals surface area contributed by atoms with E-state index in [0.717, 1.165) is 0 Å². The second-order valence-corrected chi connectivity index (χ2v) is 7.33. The van der Waals surface area contributed by atoms with Gasteiger partial charge < -0.3 is 18.9 Å². The van der Waals surface area contributed by atoms with E-state index in [2.05, 4.69) is 19.7 Å². The Morgan fingerprint density at radius 3 is 1.17 bits per heavy atom. The molecule has 0 aromatic heterocycles. The minimum Gasteiger partial charge on any atom is -0.464 e. The maximum atomic E-state index is 11.9. The SMILES string of the molecule is C=C(C)C(=O)OCC(COC(=O)C(=C)C)(COC(=O)C(=C)C)COC(=O)C(C)C. The second-order valence-electron chi connectivity index (χ2n) is 7.33. The van der Waals surface area contributed by atoms with Gasteiger partial charge in [-0.05, 0) is 20.8 Å². The number of hydrogen-bond donors (Lipinski definition) is 0. The van der Waals surface area contributed by atoms with E-state index in [-0.39, 0.29) is 43.1 Å². The number of ether oxygens (including phenoxy) is 4. The standard InChI is InChI=1S/C21H30O8/c1-13(2)17(22)26-9-21(10-27-18(23)14(3)4,11-28-19(24)15(5)6)12-29-20(25)16(7)8/h16H,1,3,5,9-12H2,2,4,6-8H3. The van der Waals surface area contributed by atoms with Crippen molar-refractivity contribution in [2.45, 2.75) is 34.6 Å². The summed E-state index contributed by atoms with van der Waals surface area (Å²) in [6, 6.07) is 0. The first-order valence-corrected chi connectivity index (χ1v) is 8.96. The van der Waals surface area contributed by atoms with Crippen LogP contribution in [-0.4, -0.2) is 50.3 Å². The van der Waals surface area contributed by atoms with Gasteiger partial charge in [0.15, 0.2) is 0 Å². The zero-order chi connectivity index (χ0) is 22.8. The largest absolute Gasteiger partial charge is 0.464 e. The molecule has 0 aliphatic heterocycles. The van der Waals surface area contributed by atoms with Gasteiger partial charge in [0, 0.05) is 16.7 Å². The molecule has 0 saturated heterocycles. The van der Waals surface area contributed by atoms with E-state index in [0.29, 0.717) is 0 Å². The molecule has 162 valence electrons. The van der Waals surface area contributed by atoms with E-state index in [1.807, 2.05) is 0 Å². The molecule has 0 heterocycles. The van der Waals surface area contributed by atoms with E-state index < -0.39 is 35.2 Å². The zero-order valence-electron chi connectivity index (χ0n) is 17.8. The predicted octanol–water partition coefficient (Wildman–Crippen LogP) is 2.53. The molecule has 0 aliphatic rings. The van der Waals surface area contributed by atoms with Crippen LogP contribution in [0.3, 0.4) is 0 Å². The molecule has 0 aliphatic carbocycles. The highest BCUT2D eigenvalue weighted by molar-refractivity contribution is 5.88. The fourth-order valence-electron chi connectivity index (χ4n) is 1.67. The van der Waals surface area contributed by atoms with E-state index >= 15 is 0 Å². The molecule has 8 nitrogen and oxygen atoms in total. The number of rotatable bonds is 12. The fourth-order valence-corrected chi connectivity index (χ4v) is 1.67. The number of carbonyl (C=O) groups excluding carboxylic acids is 4. The van der Waals surface area contributed by atoms with Crippen LogP contribution >= 0.6 is 0 Å². The van der Waals surface area contributed by atoms with Crippen LogP contribution in [0.2, 0.25) is 0 Å². The lowest BCUT2D eigenvalue weighted by Crippen LogP contribution is -2.44. The minimum absolute atomic E-state index is 0.149. The topological polar surface area (TPSA) is 105 Å². The van der Waals surface area contributed by atoms with Gasteiger partial charge in [-0.1, -0.05) is 33.6 Å². The Bertz CT molecular complexity index is 613. The van der Waals surface area contributed by atoms with Crippen LogP contribution in [0, 0.1) is 11.3 Å². The van der Waals surface area contributed by atoms with Crippen molar-refractivity contribution in [2.24, 2.45) is 11.3 Å². The third-order valence-electron chi connectivity index (χ3n) is 3.57. The maximum absolute atomic E-state index is 11.9. The monoisotopic (exact) mass is 410 g/mol. The number of hydrogen-bond acceptors (Lipinski definition) is 8. The van der Waals surface area contributed by atoms with E-state index in [1.165, 1.54) is 20.8 Å². The first-order chi connectivity index (χ1) is 13.3. The Labute approximate surface area is 171 Å². The van der Waals surface area contributed by atoms with Crippen molar-refractivity contribution in [3.05, 3.63) is 36.5 Å². The average molecular weight is 410 g/mol. The summed E-state index contributed by atoms with van der Waals surface area (Å²) in [5.41, 5.74) is -0.880. The smallest absolute Gasteiger partial charge is 0.333 e. The van der Waals surface area contributed by atoms with Gasteiger partial charge in [-0.3, -0.25) is 4.79 Å². The summed E-state index contributed by atoms with van der Waals surface area (Å²) in [4.78, 5) is 47.5. The minimum atomic E-state index is -1.33. The van der Waals surface area contributed by atoms with Crippen molar-refractivity contribution in [2.75, 3.05) is 26.4 Å². The van der Waals surface area contributed by atoms with E-state index in [1.54, 1.807) is 13.8 Å². The molecule has 0 aromatic carbocycles. The highest BCUT2D eigenvalue weighted by Gasteiger charge is 2.38. The van der Waals surface area contributed by atoms with Gasteiger partial charge in [-0.15, -0.1) is 0 Å². The van der Waals surface area contributed by atoms with Crippen molar-refractivity contribution < 1.29 is 38.1 Å². The molecule has 8 heteroatoms. The van der Waals surface area contributed by atoms with Crippen molar-refractivity contribution in [3.8, 4) is 0 Å². The third kappa shape index (κ3) is 9.73. The lowest BCUT2D eigenvalue weighted by Gasteiger charge is -2.32. The summed E-state index contributed by atoms with van der Waals surface area (Å²) in [5, 5.41) is 0. The van der Waals surface area contributed by atoms with Crippen molar-refractivity contribution in [3.63, 3.8) is 0 Å². The average Bonchev–Trinajstić information content (AvgIpc) is 2.64. The third-order valence-corrected chi connectivity index (χ3v) is 3.57. The molecule has 0 saturated carbocycles. The van der Waals surface area contributed by atoms with Gasteiger partial charge in [-0.25, -0.2) is 14.4 Å². The quantitative estimate of drug-likeness (QED) is 0.275. The van der Waals surface area contributed by atoms with Crippen LogP contribution in [0.25, 0.3) is 0 Å². The summed E-state index contributed by atoms with van der Waals surface area (Å²) in [6.45, 7) is 16.8. The number of esters is 4. The Kier molecular flexibility index (Phi) is 10.6. The van der Waals surface area contributed by atoms with Crippen LogP contribution in [0.5, 0.6) is 0 Å². The predicted molar refractivity (Wildman–Crippen MR) is 106 cm³/mol. The van der Waals surface area contributed by atoms with Gasteiger partial charge in [-0.2, -0.15) is 0 Å². The molecule has 0 bridgehead atoms. The molecule has 29 heavy (non-hydrogen) atoms. The van der Waals surface area contributed by atoms with E-state index in [4.69, 9.17) is 18.9 Å². The normalized spacial score (nSPS) is 10.7. The van der Waals surface area contributed by atoms with Crippen LogP contribution < -0.4 is 0 Å². The molecule has 0 amide bonds. The van der Waals surface area contributed by atoms with Gasteiger partial charge in [0.2, 0.25) is 0 Å². The summed E-state index contributed by atoms with van der Waals surface area (Å²) < 4.78 is 20.8. The molecule has 0 rings (SSSR count). The Morgan fingerprint density at radius 2 is 0.931 bits per heavy atom. The van der Waals surface area contributed by atoms with Gasteiger partial charge in [0.25, 0.3) is 0 Å². The van der Waals surface area contributed by atoms with Crippen LogP contribution in [0.15, 0.2) is 36.5 Å². The van der Waals surface area contributed by atoms with E-state index in [9.17, 15) is 19.2 Å². The Balaban J connectivity index is 5.67. The molecule has 0 unspecified atom stereocenters. The molecule has 0 radical (unpaired) electrons. The lowest BCUT2D eigenvalue weighted by molar-refractivity contribution is -0.168. The zero-order valence-corrected chi connectivity index (χ0v) is 17.8. The van der Waals surface area contributed by atoms with Crippen molar-refractivity contribution in [1.29, 1.82) is 0 Å². The maximum Gasteiger partial charge on any atom is 0.333 e. The molecular weight excluding hydrogens is 380 g/mol.